The molecule has 0 saturated heterocycles. The second-order valence-electron chi connectivity index (χ2n) is 4.57. The number of hydrogen-bond donors (Lipinski definition) is 0. The van der Waals surface area contributed by atoms with E-state index in [4.69, 9.17) is 7.96 Å². The first-order valence-electron chi connectivity index (χ1n) is 6.95. The topological polar surface area (TPSA) is 40.1 Å². The molecule has 22 heavy (non-hydrogen) atoms. The molecule has 0 fully saturated rings. The van der Waals surface area contributed by atoms with Crippen LogP contribution in [0.1, 0.15) is 16.7 Å². The molecule has 0 heterocycles. The molecular formula is C19H15AlO2. The van der Waals surface area contributed by atoms with Crippen LogP contribution in [0.15, 0.2) is 91.0 Å². The van der Waals surface area contributed by atoms with Gasteiger partial charge in [0.2, 0.25) is 0 Å². The maximum atomic E-state index is 8.46. The predicted molar refractivity (Wildman–Crippen MR) is 86.3 cm³/mol. The SMILES string of the molecule is [O]=[Al][O-].c1ccc([C+](c2ccccc2)c2ccccc2)cc1. The van der Waals surface area contributed by atoms with Gasteiger partial charge in [0.25, 0.3) is 0 Å². The Bertz CT molecular complexity index is 576. The van der Waals surface area contributed by atoms with E-state index in [0.29, 0.717) is 0 Å². The van der Waals surface area contributed by atoms with Crippen molar-refractivity contribution in [3.8, 4) is 0 Å². The van der Waals surface area contributed by atoms with Crippen molar-refractivity contribution in [1.82, 2.24) is 0 Å². The van der Waals surface area contributed by atoms with Gasteiger partial charge in [0.15, 0.2) is 0 Å². The van der Waals surface area contributed by atoms with Gasteiger partial charge in [-0.3, -0.25) is 0 Å². The molecule has 0 radical (unpaired) electrons. The van der Waals surface area contributed by atoms with Gasteiger partial charge < -0.3 is 0 Å². The molecule has 0 atom stereocenters. The zero-order valence-corrected chi connectivity index (χ0v) is 13.2. The average Bonchev–Trinajstić information content (AvgIpc) is 2.59. The largest absolute Gasteiger partial charge is 0.0631 e. The summed E-state index contributed by atoms with van der Waals surface area (Å²) in [6, 6.07) is 31.6. The fourth-order valence-corrected chi connectivity index (χ4v) is 2.31. The molecule has 0 aromatic heterocycles. The molecule has 0 amide bonds. The minimum Gasteiger partial charge on any atom is -0.0511 e. The molecule has 2 nitrogen and oxygen atoms in total. The van der Waals surface area contributed by atoms with Crippen LogP contribution in [0.3, 0.4) is 0 Å². The second kappa shape index (κ2) is 8.84. The quantitative estimate of drug-likeness (QED) is 0.424. The summed E-state index contributed by atoms with van der Waals surface area (Å²) in [5.41, 5.74) is 3.75. The molecule has 0 aliphatic carbocycles. The maximum absolute atomic E-state index is 8.46. The van der Waals surface area contributed by atoms with E-state index in [9.17, 15) is 0 Å². The van der Waals surface area contributed by atoms with Crippen LogP contribution in [-0.2, 0) is 3.80 Å². The van der Waals surface area contributed by atoms with Crippen LogP contribution in [-0.4, -0.2) is 15.5 Å². The number of rotatable bonds is 3. The van der Waals surface area contributed by atoms with E-state index >= 15 is 0 Å². The van der Waals surface area contributed by atoms with Gasteiger partial charge in [0.1, 0.15) is 0 Å². The molecule has 3 aromatic carbocycles. The van der Waals surface area contributed by atoms with Gasteiger partial charge in [-0.15, -0.1) is 0 Å². The van der Waals surface area contributed by atoms with Crippen LogP contribution in [0.4, 0.5) is 0 Å². The van der Waals surface area contributed by atoms with E-state index in [0.717, 1.165) is 0 Å². The van der Waals surface area contributed by atoms with Crippen molar-refractivity contribution < 1.29 is 7.96 Å². The first-order chi connectivity index (χ1) is 10.9. The molecule has 0 aliphatic rings. The number of benzene rings is 3. The average molecular weight is 302 g/mol. The summed E-state index contributed by atoms with van der Waals surface area (Å²) in [5, 5.41) is 0. The maximum Gasteiger partial charge on any atom is 0.0631 e. The molecule has 0 bridgehead atoms. The summed E-state index contributed by atoms with van der Waals surface area (Å²) in [6.07, 6.45) is 0. The fraction of sp³-hybridized carbons (Fsp3) is 0. The molecule has 106 valence electrons. The number of hydrogen-bond acceptors (Lipinski definition) is 2. The summed E-state index contributed by atoms with van der Waals surface area (Å²) >= 11 is -1.75. The van der Waals surface area contributed by atoms with E-state index in [2.05, 4.69) is 91.0 Å². The second-order valence-corrected chi connectivity index (χ2v) is 4.76. The van der Waals surface area contributed by atoms with E-state index < -0.39 is 15.5 Å². The van der Waals surface area contributed by atoms with Gasteiger partial charge in [-0.1, -0.05) is 18.2 Å². The van der Waals surface area contributed by atoms with Crippen LogP contribution >= 0.6 is 0 Å². The van der Waals surface area contributed by atoms with Crippen molar-refractivity contribution in [3.05, 3.63) is 114 Å². The third kappa shape index (κ3) is 4.33. The fourth-order valence-electron chi connectivity index (χ4n) is 2.31. The van der Waals surface area contributed by atoms with E-state index in [1.807, 2.05) is 0 Å². The third-order valence-corrected chi connectivity index (χ3v) is 3.19. The van der Waals surface area contributed by atoms with Gasteiger partial charge in [0.05, 0.1) is 22.6 Å². The van der Waals surface area contributed by atoms with Crippen LogP contribution in [0.5, 0.6) is 0 Å². The summed E-state index contributed by atoms with van der Waals surface area (Å²) in [5.74, 6) is 1.28. The smallest absolute Gasteiger partial charge is 0.0511 e. The van der Waals surface area contributed by atoms with Crippen LogP contribution in [0.2, 0.25) is 0 Å². The van der Waals surface area contributed by atoms with Gasteiger partial charge in [-0.05, 0) is 72.8 Å². The van der Waals surface area contributed by atoms with Crippen LogP contribution < -0.4 is 4.16 Å². The van der Waals surface area contributed by atoms with Crippen molar-refractivity contribution in [3.63, 3.8) is 0 Å². The van der Waals surface area contributed by atoms with Crippen molar-refractivity contribution in [2.45, 2.75) is 0 Å². The Hall–Kier alpha value is -2.34. The Labute approximate surface area is 137 Å². The normalized spacial score (nSPS) is 9.09. The summed E-state index contributed by atoms with van der Waals surface area (Å²) in [6.45, 7) is 0. The molecule has 3 aromatic rings. The van der Waals surface area contributed by atoms with E-state index in [-0.39, 0.29) is 0 Å². The summed E-state index contributed by atoms with van der Waals surface area (Å²) in [7, 11) is 0. The standard InChI is InChI=1S/C19H15.Al.2O/c1-4-10-16(11-5-1)19(17-12-6-2-7-13-17)18-14-8-3-9-15-18;;;/h1-15H;;;/q+1;;;-1. The molecule has 0 aliphatic heterocycles. The zero-order chi connectivity index (χ0) is 15.6. The monoisotopic (exact) mass is 302 g/mol. The van der Waals surface area contributed by atoms with E-state index in [1.54, 1.807) is 0 Å². The van der Waals surface area contributed by atoms with Gasteiger partial charge in [0, 0.05) is 0 Å². The Kier molecular flexibility index (Phi) is 6.45. The van der Waals surface area contributed by atoms with Crippen molar-refractivity contribution in [2.24, 2.45) is 0 Å². The Morgan fingerprint density at radius 1 is 0.591 bits per heavy atom. The summed E-state index contributed by atoms with van der Waals surface area (Å²) in [4.78, 5) is 0. The molecular weight excluding hydrogens is 287 g/mol. The Morgan fingerprint density at radius 2 is 0.818 bits per heavy atom. The van der Waals surface area contributed by atoms with Crippen molar-refractivity contribution >= 4 is 15.5 Å². The van der Waals surface area contributed by atoms with E-state index in [1.165, 1.54) is 22.6 Å². The van der Waals surface area contributed by atoms with Gasteiger partial charge in [-0.2, -0.15) is 0 Å². The Balaban J connectivity index is 0.000000545. The molecule has 3 heteroatoms. The first-order valence-corrected chi connectivity index (χ1v) is 7.90. The minimum absolute atomic E-state index is 1.25. The molecule has 3 rings (SSSR count). The van der Waals surface area contributed by atoms with Gasteiger partial charge in [-0.25, -0.2) is 0 Å². The molecule has 0 N–H and O–H groups in total. The summed E-state index contributed by atoms with van der Waals surface area (Å²) < 4.78 is 16.9. The zero-order valence-electron chi connectivity index (χ0n) is 12.1. The third-order valence-electron chi connectivity index (χ3n) is 3.19. The minimum atomic E-state index is -1.75. The first kappa shape index (κ1) is 16.0. The Morgan fingerprint density at radius 3 is 1.05 bits per heavy atom. The molecule has 0 spiro atoms. The van der Waals surface area contributed by atoms with Crippen LogP contribution in [0, 0.1) is 5.92 Å². The van der Waals surface area contributed by atoms with Gasteiger partial charge >= 0.3 is 23.4 Å². The van der Waals surface area contributed by atoms with Crippen LogP contribution in [0.25, 0.3) is 0 Å². The van der Waals surface area contributed by atoms with Crippen molar-refractivity contribution in [1.29, 1.82) is 0 Å². The predicted octanol–water partition coefficient (Wildman–Crippen LogP) is 3.02. The van der Waals surface area contributed by atoms with Crippen molar-refractivity contribution in [2.75, 3.05) is 0 Å². The molecule has 0 saturated carbocycles. The molecule has 0 unspecified atom stereocenters.